The van der Waals surface area contributed by atoms with Crippen LogP contribution in [-0.4, -0.2) is 23.4 Å². The highest BCUT2D eigenvalue weighted by molar-refractivity contribution is 5.49. The van der Waals surface area contributed by atoms with E-state index >= 15 is 0 Å². The Kier molecular flexibility index (Phi) is 4.15. The van der Waals surface area contributed by atoms with Gasteiger partial charge in [-0.1, -0.05) is 12.1 Å². The molecule has 8 heteroatoms. The first-order chi connectivity index (χ1) is 9.90. The minimum atomic E-state index is -4.80. The predicted molar refractivity (Wildman–Crippen MR) is 69.5 cm³/mol. The number of nitrogens with zero attached hydrogens (tertiary/aromatic N) is 2. The first-order valence-corrected chi connectivity index (χ1v) is 5.92. The van der Waals surface area contributed by atoms with Gasteiger partial charge in [0.05, 0.1) is 5.56 Å². The molecule has 0 fully saturated rings. The molecule has 0 unspecified atom stereocenters. The van der Waals surface area contributed by atoms with Gasteiger partial charge in [-0.05, 0) is 19.1 Å². The number of aromatic nitrogens is 2. The van der Waals surface area contributed by atoms with Gasteiger partial charge >= 0.3 is 6.36 Å². The number of rotatable bonds is 4. The van der Waals surface area contributed by atoms with Crippen LogP contribution in [0.25, 0.3) is 0 Å². The Morgan fingerprint density at radius 2 is 1.76 bits per heavy atom. The Bertz CT molecular complexity index is 632. The third-order valence-corrected chi connectivity index (χ3v) is 2.56. The molecular weight excluding hydrogens is 287 g/mol. The van der Waals surface area contributed by atoms with E-state index < -0.39 is 12.1 Å². The van der Waals surface area contributed by atoms with E-state index in [1.54, 1.807) is 14.0 Å². The van der Waals surface area contributed by atoms with Crippen molar-refractivity contribution in [1.29, 1.82) is 0 Å². The lowest BCUT2D eigenvalue weighted by Crippen LogP contribution is -2.17. The van der Waals surface area contributed by atoms with Crippen molar-refractivity contribution in [1.82, 2.24) is 9.97 Å². The molecule has 1 N–H and O–H groups in total. The van der Waals surface area contributed by atoms with Gasteiger partial charge in [0.1, 0.15) is 12.1 Å². The highest BCUT2D eigenvalue weighted by atomic mass is 19.4. The van der Waals surface area contributed by atoms with Crippen LogP contribution in [0.1, 0.15) is 5.56 Å². The van der Waals surface area contributed by atoms with Crippen molar-refractivity contribution >= 4 is 5.82 Å². The third kappa shape index (κ3) is 3.74. The maximum atomic E-state index is 12.3. The molecule has 2 aromatic rings. The molecule has 0 amide bonds. The fourth-order valence-corrected chi connectivity index (χ4v) is 1.64. The molecule has 0 spiro atoms. The van der Waals surface area contributed by atoms with Crippen molar-refractivity contribution in [2.24, 2.45) is 0 Å². The quantitative estimate of drug-likeness (QED) is 0.936. The van der Waals surface area contributed by atoms with E-state index in [1.165, 1.54) is 30.6 Å². The molecule has 0 aliphatic rings. The fraction of sp³-hybridized carbons (Fsp3) is 0.231. The van der Waals surface area contributed by atoms with Crippen LogP contribution in [0.3, 0.4) is 0 Å². The molecule has 0 saturated heterocycles. The Morgan fingerprint density at radius 1 is 1.10 bits per heavy atom. The first kappa shape index (κ1) is 14.9. The zero-order valence-electron chi connectivity index (χ0n) is 11.2. The molecule has 1 heterocycles. The van der Waals surface area contributed by atoms with Crippen LogP contribution in [0.15, 0.2) is 30.6 Å². The maximum absolute atomic E-state index is 12.3. The fourth-order valence-electron chi connectivity index (χ4n) is 1.64. The molecule has 21 heavy (non-hydrogen) atoms. The van der Waals surface area contributed by atoms with E-state index in [0.717, 1.165) is 0 Å². The van der Waals surface area contributed by atoms with Gasteiger partial charge in [-0.2, -0.15) is 0 Å². The molecule has 5 nitrogen and oxygen atoms in total. The monoisotopic (exact) mass is 299 g/mol. The van der Waals surface area contributed by atoms with E-state index in [1.807, 2.05) is 0 Å². The zero-order valence-corrected chi connectivity index (χ0v) is 11.2. The molecule has 1 aromatic heterocycles. The van der Waals surface area contributed by atoms with Crippen molar-refractivity contribution in [2.45, 2.75) is 13.3 Å². The minimum Gasteiger partial charge on any atom is -0.435 e. The molecule has 112 valence electrons. The SMILES string of the molecule is CNc1ncnc(Oc2ccccc2OC(F)(F)F)c1C. The van der Waals surface area contributed by atoms with E-state index in [2.05, 4.69) is 20.0 Å². The van der Waals surface area contributed by atoms with E-state index in [4.69, 9.17) is 4.74 Å². The lowest BCUT2D eigenvalue weighted by molar-refractivity contribution is -0.275. The number of ether oxygens (including phenoxy) is 2. The molecular formula is C13H12F3N3O2. The number of alkyl halides is 3. The van der Waals surface area contributed by atoms with Crippen molar-refractivity contribution in [3.05, 3.63) is 36.2 Å². The number of hydrogen-bond donors (Lipinski definition) is 1. The normalized spacial score (nSPS) is 11.1. The van der Waals surface area contributed by atoms with E-state index in [9.17, 15) is 13.2 Å². The summed E-state index contributed by atoms with van der Waals surface area (Å²) in [6.07, 6.45) is -3.54. The summed E-state index contributed by atoms with van der Waals surface area (Å²) in [5.74, 6) is 0.148. The second-order valence-corrected chi connectivity index (χ2v) is 4.00. The number of benzene rings is 1. The summed E-state index contributed by atoms with van der Waals surface area (Å²) in [5, 5.41) is 2.83. The lowest BCUT2D eigenvalue weighted by atomic mass is 10.3. The molecule has 0 radical (unpaired) electrons. The Morgan fingerprint density at radius 3 is 2.38 bits per heavy atom. The van der Waals surface area contributed by atoms with Crippen LogP contribution in [0, 0.1) is 6.92 Å². The van der Waals surface area contributed by atoms with E-state index in [0.29, 0.717) is 11.4 Å². The van der Waals surface area contributed by atoms with Crippen molar-refractivity contribution in [2.75, 3.05) is 12.4 Å². The average Bonchev–Trinajstić information content (AvgIpc) is 2.41. The standard InChI is InChI=1S/C13H12F3N3O2/c1-8-11(17-2)18-7-19-12(8)20-9-5-3-4-6-10(9)21-13(14,15)16/h3-7H,1-2H3,(H,17,18,19). The average molecular weight is 299 g/mol. The van der Waals surface area contributed by atoms with Crippen molar-refractivity contribution in [3.8, 4) is 17.4 Å². The van der Waals surface area contributed by atoms with Gasteiger partial charge in [0.25, 0.3) is 0 Å². The summed E-state index contributed by atoms with van der Waals surface area (Å²) in [7, 11) is 1.67. The molecule has 1 aromatic carbocycles. The molecule has 0 aliphatic carbocycles. The molecule has 0 aliphatic heterocycles. The molecule has 0 bridgehead atoms. The van der Waals surface area contributed by atoms with Crippen LogP contribution in [0.2, 0.25) is 0 Å². The smallest absolute Gasteiger partial charge is 0.435 e. The van der Waals surface area contributed by atoms with Gasteiger partial charge in [-0.25, -0.2) is 9.97 Å². The van der Waals surface area contributed by atoms with Crippen LogP contribution in [-0.2, 0) is 0 Å². The van der Waals surface area contributed by atoms with Crippen LogP contribution in [0.5, 0.6) is 17.4 Å². The topological polar surface area (TPSA) is 56.3 Å². The summed E-state index contributed by atoms with van der Waals surface area (Å²) in [4.78, 5) is 7.88. The Balaban J connectivity index is 2.32. The highest BCUT2D eigenvalue weighted by Gasteiger charge is 2.32. The number of hydrogen-bond acceptors (Lipinski definition) is 5. The minimum absolute atomic E-state index is 0.0846. The zero-order chi connectivity index (χ0) is 15.5. The predicted octanol–water partition coefficient (Wildman–Crippen LogP) is 3.52. The van der Waals surface area contributed by atoms with Gasteiger partial charge in [0.15, 0.2) is 11.5 Å². The maximum Gasteiger partial charge on any atom is 0.573 e. The van der Waals surface area contributed by atoms with Crippen molar-refractivity contribution < 1.29 is 22.6 Å². The number of halogens is 3. The largest absolute Gasteiger partial charge is 0.573 e. The summed E-state index contributed by atoms with van der Waals surface area (Å²) >= 11 is 0. The van der Waals surface area contributed by atoms with Crippen LogP contribution < -0.4 is 14.8 Å². The van der Waals surface area contributed by atoms with Gasteiger partial charge in [0.2, 0.25) is 5.88 Å². The molecule has 2 rings (SSSR count). The highest BCUT2D eigenvalue weighted by Crippen LogP contribution is 2.35. The number of para-hydroxylation sites is 2. The first-order valence-electron chi connectivity index (χ1n) is 5.92. The van der Waals surface area contributed by atoms with E-state index in [-0.39, 0.29) is 11.6 Å². The summed E-state index contributed by atoms with van der Waals surface area (Å²) < 4.78 is 46.4. The van der Waals surface area contributed by atoms with Crippen molar-refractivity contribution in [3.63, 3.8) is 0 Å². The second-order valence-electron chi connectivity index (χ2n) is 4.00. The van der Waals surface area contributed by atoms with Crippen LogP contribution in [0.4, 0.5) is 19.0 Å². The Hall–Kier alpha value is -2.51. The van der Waals surface area contributed by atoms with Gasteiger partial charge in [0, 0.05) is 7.05 Å². The molecule has 0 saturated carbocycles. The van der Waals surface area contributed by atoms with Gasteiger partial charge in [-0.15, -0.1) is 13.2 Å². The summed E-state index contributed by atoms with van der Waals surface area (Å²) in [6, 6.07) is 5.48. The summed E-state index contributed by atoms with van der Waals surface area (Å²) in [6.45, 7) is 1.69. The number of nitrogens with one attached hydrogen (secondary N) is 1. The Labute approximate surface area is 118 Å². The van der Waals surface area contributed by atoms with Crippen LogP contribution >= 0.6 is 0 Å². The summed E-state index contributed by atoms with van der Waals surface area (Å²) in [5.41, 5.74) is 0.571. The second kappa shape index (κ2) is 5.86. The van der Waals surface area contributed by atoms with Gasteiger partial charge < -0.3 is 14.8 Å². The number of anilines is 1. The van der Waals surface area contributed by atoms with Gasteiger partial charge in [-0.3, -0.25) is 0 Å². The molecule has 0 atom stereocenters. The third-order valence-electron chi connectivity index (χ3n) is 2.56. The lowest BCUT2D eigenvalue weighted by Gasteiger charge is -2.14.